The van der Waals surface area contributed by atoms with Gasteiger partial charge in [-0.1, -0.05) is 12.1 Å². The molecule has 1 aromatic rings. The topological polar surface area (TPSA) is 50.4 Å². The van der Waals surface area contributed by atoms with Crippen molar-refractivity contribution in [3.05, 3.63) is 28.7 Å². The maximum Gasteiger partial charge on any atom is 0.237 e. The Labute approximate surface area is 122 Å². The fourth-order valence-corrected chi connectivity index (χ4v) is 2.45. The summed E-state index contributed by atoms with van der Waals surface area (Å²) in [6, 6.07) is 7.67. The van der Waals surface area contributed by atoms with E-state index in [1.54, 1.807) is 0 Å². The van der Waals surface area contributed by atoms with Gasteiger partial charge in [-0.3, -0.25) is 4.79 Å². The van der Waals surface area contributed by atoms with Gasteiger partial charge in [0.05, 0.1) is 17.1 Å². The summed E-state index contributed by atoms with van der Waals surface area (Å²) in [5, 5.41) is 6.10. The molecule has 1 aromatic carbocycles. The van der Waals surface area contributed by atoms with Crippen LogP contribution in [0.15, 0.2) is 28.7 Å². The number of halogens is 1. The standard InChI is InChI=1S/C14H19BrN2O2/c1-10(19-13-7-3-2-5-11(13)15)9-17-14(18)12-6-4-8-16-12/h2-3,5,7,10,12,16H,4,6,8-9H2,1H3,(H,17,18)/t10-,12-/m1/s1. The van der Waals surface area contributed by atoms with E-state index in [0.29, 0.717) is 6.54 Å². The number of carbonyl (C=O) groups is 1. The Morgan fingerprint density at radius 3 is 3.05 bits per heavy atom. The van der Waals surface area contributed by atoms with Crippen molar-refractivity contribution in [2.75, 3.05) is 13.1 Å². The molecule has 1 heterocycles. The second-order valence-electron chi connectivity index (χ2n) is 4.75. The molecule has 1 saturated heterocycles. The second-order valence-corrected chi connectivity index (χ2v) is 5.61. The first-order valence-corrected chi connectivity index (χ1v) is 7.38. The molecule has 0 bridgehead atoms. The minimum Gasteiger partial charge on any atom is -0.488 e. The average Bonchev–Trinajstić information content (AvgIpc) is 2.93. The maximum absolute atomic E-state index is 11.8. The normalized spacial score (nSPS) is 20.0. The summed E-state index contributed by atoms with van der Waals surface area (Å²) in [5.41, 5.74) is 0. The average molecular weight is 327 g/mol. The van der Waals surface area contributed by atoms with Gasteiger partial charge in [0.1, 0.15) is 11.9 Å². The van der Waals surface area contributed by atoms with Crippen LogP contribution in [0.4, 0.5) is 0 Å². The maximum atomic E-state index is 11.8. The molecule has 0 saturated carbocycles. The van der Waals surface area contributed by atoms with E-state index in [9.17, 15) is 4.79 Å². The van der Waals surface area contributed by atoms with Gasteiger partial charge in [0.2, 0.25) is 5.91 Å². The van der Waals surface area contributed by atoms with E-state index in [1.807, 2.05) is 31.2 Å². The molecule has 2 rings (SSSR count). The van der Waals surface area contributed by atoms with Gasteiger partial charge in [-0.2, -0.15) is 0 Å². The number of para-hydroxylation sites is 1. The summed E-state index contributed by atoms with van der Waals surface area (Å²) in [7, 11) is 0. The third-order valence-electron chi connectivity index (χ3n) is 3.11. The second kappa shape index (κ2) is 6.91. The zero-order valence-corrected chi connectivity index (χ0v) is 12.6. The van der Waals surface area contributed by atoms with Gasteiger partial charge in [-0.25, -0.2) is 0 Å². The highest BCUT2D eigenvalue weighted by Gasteiger charge is 2.22. The van der Waals surface area contributed by atoms with E-state index < -0.39 is 0 Å². The third kappa shape index (κ3) is 4.21. The molecule has 2 atom stereocenters. The molecule has 0 aliphatic carbocycles. The van der Waals surface area contributed by atoms with Gasteiger partial charge in [-0.15, -0.1) is 0 Å². The lowest BCUT2D eigenvalue weighted by Crippen LogP contribution is -2.43. The summed E-state index contributed by atoms with van der Waals surface area (Å²) < 4.78 is 6.70. The van der Waals surface area contributed by atoms with Crippen molar-refractivity contribution < 1.29 is 9.53 Å². The number of amides is 1. The molecule has 0 spiro atoms. The lowest BCUT2D eigenvalue weighted by atomic mass is 10.2. The molecule has 0 unspecified atom stereocenters. The highest BCUT2D eigenvalue weighted by molar-refractivity contribution is 9.10. The van der Waals surface area contributed by atoms with Crippen LogP contribution < -0.4 is 15.4 Å². The number of hydrogen-bond acceptors (Lipinski definition) is 3. The minimum absolute atomic E-state index is 0.0318. The van der Waals surface area contributed by atoms with E-state index in [1.165, 1.54) is 0 Å². The Bertz CT molecular complexity index is 433. The minimum atomic E-state index is -0.0657. The molecule has 104 valence electrons. The van der Waals surface area contributed by atoms with Crippen molar-refractivity contribution in [3.8, 4) is 5.75 Å². The fourth-order valence-electron chi connectivity index (χ4n) is 2.07. The van der Waals surface area contributed by atoms with E-state index in [-0.39, 0.29) is 18.1 Å². The Hall–Kier alpha value is -1.07. The molecule has 1 amide bonds. The number of rotatable bonds is 5. The van der Waals surface area contributed by atoms with Crippen LogP contribution in [0.2, 0.25) is 0 Å². The molecular weight excluding hydrogens is 308 g/mol. The number of benzene rings is 1. The molecule has 1 aliphatic rings. The third-order valence-corrected chi connectivity index (χ3v) is 3.76. The van der Waals surface area contributed by atoms with E-state index >= 15 is 0 Å². The molecule has 4 nitrogen and oxygen atoms in total. The van der Waals surface area contributed by atoms with Gasteiger partial charge in [0.15, 0.2) is 0 Å². The van der Waals surface area contributed by atoms with Crippen LogP contribution in [0, 0.1) is 0 Å². The van der Waals surface area contributed by atoms with Crippen LogP contribution in [-0.4, -0.2) is 31.1 Å². The van der Waals surface area contributed by atoms with Crippen molar-refractivity contribution in [3.63, 3.8) is 0 Å². The first kappa shape index (κ1) is 14.3. The van der Waals surface area contributed by atoms with Gasteiger partial charge in [0.25, 0.3) is 0 Å². The smallest absolute Gasteiger partial charge is 0.237 e. The largest absolute Gasteiger partial charge is 0.488 e. The van der Waals surface area contributed by atoms with Gasteiger partial charge in [0, 0.05) is 0 Å². The van der Waals surface area contributed by atoms with Crippen molar-refractivity contribution in [2.24, 2.45) is 0 Å². The van der Waals surface area contributed by atoms with Crippen molar-refractivity contribution in [2.45, 2.75) is 31.9 Å². The van der Waals surface area contributed by atoms with Crippen LogP contribution in [0.5, 0.6) is 5.75 Å². The Kier molecular flexibility index (Phi) is 5.22. The lowest BCUT2D eigenvalue weighted by Gasteiger charge is -2.18. The lowest BCUT2D eigenvalue weighted by molar-refractivity contribution is -0.123. The van der Waals surface area contributed by atoms with Crippen molar-refractivity contribution in [1.82, 2.24) is 10.6 Å². The van der Waals surface area contributed by atoms with Gasteiger partial charge < -0.3 is 15.4 Å². The molecule has 0 radical (unpaired) electrons. The number of hydrogen-bond donors (Lipinski definition) is 2. The zero-order valence-electron chi connectivity index (χ0n) is 11.0. The van der Waals surface area contributed by atoms with E-state index in [0.717, 1.165) is 29.6 Å². The van der Waals surface area contributed by atoms with Gasteiger partial charge >= 0.3 is 0 Å². The predicted octanol–water partition coefficient (Wildman–Crippen LogP) is 2.08. The fraction of sp³-hybridized carbons (Fsp3) is 0.500. The first-order valence-electron chi connectivity index (χ1n) is 6.59. The Morgan fingerprint density at radius 2 is 2.37 bits per heavy atom. The quantitative estimate of drug-likeness (QED) is 0.871. The summed E-state index contributed by atoms with van der Waals surface area (Å²) in [6.45, 7) is 3.39. The highest BCUT2D eigenvalue weighted by Crippen LogP contribution is 2.24. The molecular formula is C14H19BrN2O2. The zero-order chi connectivity index (χ0) is 13.7. The predicted molar refractivity (Wildman–Crippen MR) is 78.3 cm³/mol. The number of ether oxygens (including phenoxy) is 1. The summed E-state index contributed by atoms with van der Waals surface area (Å²) in [6.07, 6.45) is 1.93. The molecule has 5 heteroatoms. The van der Waals surface area contributed by atoms with Crippen LogP contribution in [0.1, 0.15) is 19.8 Å². The molecule has 1 aliphatic heterocycles. The SMILES string of the molecule is C[C@H](CNC(=O)[C@H]1CCCN1)Oc1ccccc1Br. The number of carbonyl (C=O) groups excluding carboxylic acids is 1. The molecule has 0 aromatic heterocycles. The van der Waals surface area contributed by atoms with E-state index in [4.69, 9.17) is 4.74 Å². The van der Waals surface area contributed by atoms with Crippen LogP contribution >= 0.6 is 15.9 Å². The van der Waals surface area contributed by atoms with E-state index in [2.05, 4.69) is 26.6 Å². The molecule has 19 heavy (non-hydrogen) atoms. The van der Waals surface area contributed by atoms with Gasteiger partial charge in [-0.05, 0) is 54.4 Å². The van der Waals surface area contributed by atoms with Crippen LogP contribution in [-0.2, 0) is 4.79 Å². The monoisotopic (exact) mass is 326 g/mol. The number of nitrogens with one attached hydrogen (secondary N) is 2. The molecule has 2 N–H and O–H groups in total. The first-order chi connectivity index (χ1) is 9.16. The highest BCUT2D eigenvalue weighted by atomic mass is 79.9. The summed E-state index contributed by atoms with van der Waals surface area (Å²) in [5.74, 6) is 0.864. The van der Waals surface area contributed by atoms with Crippen molar-refractivity contribution in [1.29, 1.82) is 0 Å². The van der Waals surface area contributed by atoms with Crippen LogP contribution in [0.25, 0.3) is 0 Å². The van der Waals surface area contributed by atoms with Crippen molar-refractivity contribution >= 4 is 21.8 Å². The summed E-state index contributed by atoms with van der Waals surface area (Å²) in [4.78, 5) is 11.8. The van der Waals surface area contributed by atoms with Crippen LogP contribution in [0.3, 0.4) is 0 Å². The summed E-state index contributed by atoms with van der Waals surface area (Å²) >= 11 is 3.44. The Balaban J connectivity index is 1.76. The molecule has 1 fully saturated rings. The Morgan fingerprint density at radius 1 is 1.58 bits per heavy atom.